The molecule has 0 amide bonds. The van der Waals surface area contributed by atoms with Gasteiger partial charge in [0.1, 0.15) is 0 Å². The second-order valence-corrected chi connectivity index (χ2v) is 31.0. The highest BCUT2D eigenvalue weighted by molar-refractivity contribution is 6.74. The van der Waals surface area contributed by atoms with E-state index in [1.165, 1.54) is 7.11 Å². The first-order chi connectivity index (χ1) is 22.2. The molecule has 1 saturated heterocycles. The number of methoxy groups -OCH3 is 1. The SMILES string of the molecule is C=C[C@@H](O[Si](C)(C)C(C)(C)C)[C@H](C)[C@H](O[Si](CC)(CC)CC)[C@H](C)[C@H](O[Si](CC)(CC)CC)[C@H](C)[C@H]1O[C@H](C(C)C(=O)OC)CC[C@@H]1C. The summed E-state index contributed by atoms with van der Waals surface area (Å²) in [4.78, 5) is 12.6. The van der Waals surface area contributed by atoms with Gasteiger partial charge in [0.25, 0.3) is 0 Å². The summed E-state index contributed by atoms with van der Waals surface area (Å²) >= 11 is 0. The first kappa shape index (κ1) is 45.7. The van der Waals surface area contributed by atoms with Gasteiger partial charge in [0.05, 0.1) is 43.5 Å². The van der Waals surface area contributed by atoms with Gasteiger partial charge in [-0.2, -0.15) is 0 Å². The molecule has 0 saturated carbocycles. The monoisotopic (exact) mass is 729 g/mol. The van der Waals surface area contributed by atoms with Crippen molar-refractivity contribution in [2.75, 3.05) is 7.11 Å². The van der Waals surface area contributed by atoms with Gasteiger partial charge in [-0.3, -0.25) is 4.79 Å². The third kappa shape index (κ3) is 11.1. The smallest absolute Gasteiger partial charge is 0.311 e. The van der Waals surface area contributed by atoms with Crippen LogP contribution in [0.2, 0.25) is 54.4 Å². The van der Waals surface area contributed by atoms with E-state index in [1.807, 2.05) is 13.0 Å². The fourth-order valence-corrected chi connectivity index (χ4v) is 15.1. The summed E-state index contributed by atoms with van der Waals surface area (Å²) in [5.74, 6) is 0.168. The van der Waals surface area contributed by atoms with Crippen molar-refractivity contribution >= 4 is 30.9 Å². The molecule has 1 rings (SSSR count). The van der Waals surface area contributed by atoms with Crippen molar-refractivity contribution in [3.05, 3.63) is 12.7 Å². The first-order valence-corrected chi connectivity index (χ1v) is 27.6. The maximum atomic E-state index is 12.6. The number of hydrogen-bond acceptors (Lipinski definition) is 6. The van der Waals surface area contributed by atoms with Crippen molar-refractivity contribution in [1.29, 1.82) is 0 Å². The van der Waals surface area contributed by atoms with Crippen molar-refractivity contribution in [1.82, 2.24) is 0 Å². The molecule has 6 nitrogen and oxygen atoms in total. The van der Waals surface area contributed by atoms with Gasteiger partial charge in [-0.05, 0) is 80.1 Å². The molecule has 1 unspecified atom stereocenters. The van der Waals surface area contributed by atoms with Gasteiger partial charge in [-0.1, -0.05) is 96.1 Å². The molecular formula is C39H80O6Si3. The molecule has 0 bridgehead atoms. The van der Waals surface area contributed by atoms with Crippen LogP contribution < -0.4 is 0 Å². The second-order valence-electron chi connectivity index (χ2n) is 16.8. The Labute approximate surface area is 301 Å². The lowest BCUT2D eigenvalue weighted by molar-refractivity contribution is -0.169. The van der Waals surface area contributed by atoms with Crippen molar-refractivity contribution in [3.8, 4) is 0 Å². The average molecular weight is 729 g/mol. The number of esters is 1. The molecule has 9 heteroatoms. The van der Waals surface area contributed by atoms with Crippen LogP contribution >= 0.6 is 0 Å². The lowest BCUT2D eigenvalue weighted by Gasteiger charge is -2.50. The molecule has 0 aliphatic carbocycles. The third-order valence-electron chi connectivity index (χ3n) is 13.1. The fourth-order valence-electron chi connectivity index (χ4n) is 7.76. The van der Waals surface area contributed by atoms with E-state index in [4.69, 9.17) is 22.8 Å². The Hall–Kier alpha value is -0.299. The number of carbonyl (C=O) groups is 1. The Morgan fingerprint density at radius 3 is 1.67 bits per heavy atom. The Morgan fingerprint density at radius 1 is 0.812 bits per heavy atom. The molecule has 1 heterocycles. The quantitative estimate of drug-likeness (QED) is 0.0666. The Kier molecular flexibility index (Phi) is 18.6. The number of carbonyl (C=O) groups excluding carboxylic acids is 1. The van der Waals surface area contributed by atoms with Crippen LogP contribution in [0.15, 0.2) is 12.7 Å². The van der Waals surface area contributed by atoms with E-state index in [2.05, 4.69) is 110 Å². The molecule has 1 aliphatic heterocycles. The number of ether oxygens (including phenoxy) is 2. The van der Waals surface area contributed by atoms with E-state index >= 15 is 0 Å². The minimum atomic E-state index is -2.09. The van der Waals surface area contributed by atoms with Gasteiger partial charge in [0.15, 0.2) is 25.0 Å². The second kappa shape index (κ2) is 19.5. The minimum absolute atomic E-state index is 0.0271. The van der Waals surface area contributed by atoms with Gasteiger partial charge >= 0.3 is 5.97 Å². The van der Waals surface area contributed by atoms with Crippen molar-refractivity contribution < 1.29 is 27.5 Å². The first-order valence-electron chi connectivity index (χ1n) is 19.6. The van der Waals surface area contributed by atoms with Crippen LogP contribution in [-0.2, 0) is 27.5 Å². The standard InChI is InChI=1S/C39H80O6Si3/c1-19-33(43-46(17,18)39(13,14)15)29(9)36(44-47(20-2,21-3)22-4)32(12)37(45-48(23-5,24-6)25-7)31(11)35-28(8)26-27-34(42-35)30(10)38(40)41-16/h19,28-37H,1,20-27H2,2-18H3/t28-,29-,30?,31+,32-,33+,34-,35-,36-,37+/m0/s1. The largest absolute Gasteiger partial charge is 0.469 e. The van der Waals surface area contributed by atoms with E-state index in [0.717, 1.165) is 49.1 Å². The number of hydrogen-bond donors (Lipinski definition) is 0. The molecule has 1 aliphatic rings. The van der Waals surface area contributed by atoms with Crippen LogP contribution in [0.5, 0.6) is 0 Å². The highest BCUT2D eigenvalue weighted by atomic mass is 28.4. The van der Waals surface area contributed by atoms with E-state index in [9.17, 15) is 4.79 Å². The van der Waals surface area contributed by atoms with Gasteiger partial charge in [-0.25, -0.2) is 0 Å². The Balaban J connectivity index is 3.84. The van der Waals surface area contributed by atoms with Crippen molar-refractivity contribution in [2.45, 2.75) is 195 Å². The third-order valence-corrected chi connectivity index (χ3v) is 26.9. The zero-order valence-corrected chi connectivity index (χ0v) is 37.7. The molecule has 0 N–H and O–H groups in total. The van der Waals surface area contributed by atoms with Gasteiger partial charge in [0.2, 0.25) is 0 Å². The van der Waals surface area contributed by atoms with Crippen molar-refractivity contribution in [3.63, 3.8) is 0 Å². The molecule has 0 aromatic heterocycles. The zero-order chi connectivity index (χ0) is 37.3. The summed E-state index contributed by atoms with van der Waals surface area (Å²) in [6, 6.07) is 6.52. The normalized spacial score (nSPS) is 24.2. The van der Waals surface area contributed by atoms with Gasteiger partial charge in [-0.15, -0.1) is 6.58 Å². The van der Waals surface area contributed by atoms with Gasteiger partial charge in [0, 0.05) is 17.8 Å². The maximum Gasteiger partial charge on any atom is 0.311 e. The van der Waals surface area contributed by atoms with Crippen LogP contribution in [0.4, 0.5) is 0 Å². The summed E-state index contributed by atoms with van der Waals surface area (Å²) in [7, 11) is -4.67. The summed E-state index contributed by atoms with van der Waals surface area (Å²) in [5, 5.41) is 0.0891. The predicted molar refractivity (Wildman–Crippen MR) is 212 cm³/mol. The summed E-state index contributed by atoms with van der Waals surface area (Å²) in [5.41, 5.74) is 0. The van der Waals surface area contributed by atoms with E-state index in [1.54, 1.807) is 0 Å². The zero-order valence-electron chi connectivity index (χ0n) is 34.7. The predicted octanol–water partition coefficient (Wildman–Crippen LogP) is 11.2. The van der Waals surface area contributed by atoms with E-state index in [0.29, 0.717) is 5.92 Å². The molecule has 0 radical (unpaired) electrons. The Bertz CT molecular complexity index is 943. The minimum Gasteiger partial charge on any atom is -0.469 e. The molecule has 48 heavy (non-hydrogen) atoms. The maximum absolute atomic E-state index is 12.6. The molecule has 1 fully saturated rings. The van der Waals surface area contributed by atoms with E-state index in [-0.39, 0.29) is 65.2 Å². The lowest BCUT2D eigenvalue weighted by atomic mass is 9.76. The molecule has 0 aromatic rings. The van der Waals surface area contributed by atoms with Crippen molar-refractivity contribution in [2.24, 2.45) is 29.6 Å². The summed E-state index contributed by atoms with van der Waals surface area (Å²) in [6.07, 6.45) is 3.51. The molecule has 284 valence electrons. The number of rotatable bonds is 21. The summed E-state index contributed by atoms with van der Waals surface area (Å²) < 4.78 is 34.5. The van der Waals surface area contributed by atoms with Crippen LogP contribution in [0.3, 0.4) is 0 Å². The lowest BCUT2D eigenvalue weighted by Crippen LogP contribution is -2.56. The van der Waals surface area contributed by atoms with Crippen LogP contribution in [0.25, 0.3) is 0 Å². The molecule has 0 aromatic carbocycles. The van der Waals surface area contributed by atoms with E-state index < -0.39 is 25.0 Å². The van der Waals surface area contributed by atoms with Crippen LogP contribution in [-0.4, -0.2) is 68.6 Å². The Morgan fingerprint density at radius 2 is 1.27 bits per heavy atom. The topological polar surface area (TPSA) is 63.2 Å². The van der Waals surface area contributed by atoms with Gasteiger partial charge < -0.3 is 22.8 Å². The highest BCUT2D eigenvalue weighted by Crippen LogP contribution is 2.43. The molecule has 10 atom stereocenters. The fraction of sp³-hybridized carbons (Fsp3) is 0.923. The summed E-state index contributed by atoms with van der Waals surface area (Å²) in [6.45, 7) is 41.2. The average Bonchev–Trinajstić information content (AvgIpc) is 3.07. The van der Waals surface area contributed by atoms with Crippen LogP contribution in [0.1, 0.15) is 110 Å². The van der Waals surface area contributed by atoms with Crippen LogP contribution in [0, 0.1) is 29.6 Å². The highest BCUT2D eigenvalue weighted by Gasteiger charge is 2.49. The molecule has 0 spiro atoms. The molecular weight excluding hydrogens is 649 g/mol.